The van der Waals surface area contributed by atoms with Crippen molar-refractivity contribution in [2.75, 3.05) is 19.8 Å². The molecule has 1 amide bonds. The summed E-state index contributed by atoms with van der Waals surface area (Å²) in [5, 5.41) is 8.44. The van der Waals surface area contributed by atoms with Crippen LogP contribution in [0.1, 0.15) is 22.8 Å². The van der Waals surface area contributed by atoms with Gasteiger partial charge in [-0.25, -0.2) is 13.2 Å². The van der Waals surface area contributed by atoms with Crippen molar-refractivity contribution < 1.29 is 22.7 Å². The van der Waals surface area contributed by atoms with Crippen molar-refractivity contribution in [1.29, 1.82) is 5.26 Å². The quantitative estimate of drug-likeness (QED) is 0.709. The number of sulfone groups is 1. The molecule has 1 aromatic carbocycles. The molecule has 0 spiro atoms. The van der Waals surface area contributed by atoms with E-state index in [0.29, 0.717) is 5.56 Å². The minimum absolute atomic E-state index is 0.213. The third kappa shape index (κ3) is 5.71. The highest BCUT2D eigenvalue weighted by Crippen LogP contribution is 2.11. The van der Waals surface area contributed by atoms with E-state index in [1.165, 1.54) is 36.1 Å². The lowest BCUT2D eigenvalue weighted by Gasteiger charge is -2.17. The van der Waals surface area contributed by atoms with Crippen LogP contribution >= 0.6 is 0 Å². The fraction of sp³-hybridized carbons (Fsp3) is 0.400. The number of benzene rings is 1. The molecule has 1 aromatic rings. The van der Waals surface area contributed by atoms with Gasteiger partial charge in [-0.3, -0.25) is 4.79 Å². The number of nitrogens with zero attached hydrogens (tertiary/aromatic N) is 2. The van der Waals surface area contributed by atoms with Crippen LogP contribution < -0.4 is 0 Å². The van der Waals surface area contributed by atoms with Crippen LogP contribution in [0.4, 0.5) is 0 Å². The highest BCUT2D eigenvalue weighted by Gasteiger charge is 2.20. The van der Waals surface area contributed by atoms with Gasteiger partial charge in [-0.05, 0) is 24.6 Å². The molecular formula is C15H18N2O5S. The van der Waals surface area contributed by atoms with Crippen molar-refractivity contribution >= 4 is 21.7 Å². The molecule has 0 aliphatic carbocycles. The van der Waals surface area contributed by atoms with E-state index in [-0.39, 0.29) is 17.2 Å². The first kappa shape index (κ1) is 18.6. The van der Waals surface area contributed by atoms with Crippen molar-refractivity contribution in [2.45, 2.75) is 18.8 Å². The van der Waals surface area contributed by atoms with Gasteiger partial charge < -0.3 is 9.64 Å². The number of carbonyl (C=O) groups is 2. The molecule has 0 saturated carbocycles. The molecule has 0 fully saturated rings. The Labute approximate surface area is 135 Å². The summed E-state index contributed by atoms with van der Waals surface area (Å²) in [6, 6.07) is 7.40. The van der Waals surface area contributed by atoms with Crippen molar-refractivity contribution in [3.63, 3.8) is 0 Å². The molecule has 0 aliphatic rings. The summed E-state index contributed by atoms with van der Waals surface area (Å²) < 4.78 is 28.1. The van der Waals surface area contributed by atoms with Gasteiger partial charge in [-0.15, -0.1) is 0 Å². The van der Waals surface area contributed by atoms with E-state index in [1.54, 1.807) is 20.2 Å². The highest BCUT2D eigenvalue weighted by atomic mass is 32.2. The first-order chi connectivity index (χ1) is 10.7. The molecule has 0 saturated heterocycles. The van der Waals surface area contributed by atoms with Crippen LogP contribution in [0, 0.1) is 11.3 Å². The minimum Gasteiger partial charge on any atom is -0.449 e. The molecule has 0 bridgehead atoms. The molecule has 0 heterocycles. The Morgan fingerprint density at radius 2 is 1.83 bits per heavy atom. The predicted octanol–water partition coefficient (Wildman–Crippen LogP) is 0.758. The molecule has 124 valence electrons. The van der Waals surface area contributed by atoms with E-state index in [4.69, 9.17) is 10.00 Å². The summed E-state index contributed by atoms with van der Waals surface area (Å²) in [6.07, 6.45) is -0.909. The second-order valence-electron chi connectivity index (χ2n) is 5.17. The van der Waals surface area contributed by atoms with Crippen LogP contribution in [-0.4, -0.2) is 51.1 Å². The Morgan fingerprint density at radius 1 is 1.26 bits per heavy atom. The van der Waals surface area contributed by atoms with Gasteiger partial charge in [0.1, 0.15) is 5.75 Å². The van der Waals surface area contributed by atoms with E-state index in [1.807, 2.05) is 0 Å². The topological polar surface area (TPSA) is 105 Å². The summed E-state index contributed by atoms with van der Waals surface area (Å²) in [5.74, 6) is -1.83. The zero-order valence-corrected chi connectivity index (χ0v) is 14.0. The van der Waals surface area contributed by atoms with E-state index >= 15 is 0 Å². The van der Waals surface area contributed by atoms with Crippen molar-refractivity contribution in [2.24, 2.45) is 0 Å². The van der Waals surface area contributed by atoms with Gasteiger partial charge in [-0.2, -0.15) is 5.26 Å². The Balaban J connectivity index is 2.75. The molecular weight excluding hydrogens is 320 g/mol. The lowest BCUT2D eigenvalue weighted by molar-refractivity contribution is -0.137. The fourth-order valence-electron chi connectivity index (χ4n) is 1.78. The summed E-state index contributed by atoms with van der Waals surface area (Å²) >= 11 is 0. The van der Waals surface area contributed by atoms with E-state index in [2.05, 4.69) is 0 Å². The lowest BCUT2D eigenvalue weighted by Crippen LogP contribution is -2.34. The van der Waals surface area contributed by atoms with Gasteiger partial charge in [0.25, 0.3) is 5.91 Å². The largest absolute Gasteiger partial charge is 0.449 e. The molecule has 0 N–H and O–H groups in total. The van der Waals surface area contributed by atoms with Gasteiger partial charge in [0.2, 0.25) is 0 Å². The third-order valence-electron chi connectivity index (χ3n) is 2.93. The summed E-state index contributed by atoms with van der Waals surface area (Å²) in [7, 11) is -0.368. The van der Waals surface area contributed by atoms with Crippen LogP contribution in [0.5, 0.6) is 0 Å². The number of hydrogen-bond donors (Lipinski definition) is 0. The van der Waals surface area contributed by atoms with Gasteiger partial charge in [-0.1, -0.05) is 12.1 Å². The standard InChI is InChI=1S/C15H18N2O5S/c1-11(14(18)17(2)3)22-15(19)13-6-4-12(5-7-13)10-23(20,21)9-8-16/h4-7,11H,9-10H2,1-3H3/t11-/m1/s1. The van der Waals surface area contributed by atoms with Crippen LogP contribution in [0.3, 0.4) is 0 Å². The molecule has 7 nitrogen and oxygen atoms in total. The minimum atomic E-state index is -3.49. The number of esters is 1. The Kier molecular flexibility index (Phi) is 6.28. The maximum absolute atomic E-state index is 11.9. The second kappa shape index (κ2) is 7.74. The molecule has 0 unspecified atom stereocenters. The van der Waals surface area contributed by atoms with Crippen molar-refractivity contribution in [1.82, 2.24) is 4.90 Å². The van der Waals surface area contributed by atoms with Crippen LogP contribution in [0.25, 0.3) is 0 Å². The van der Waals surface area contributed by atoms with Crippen molar-refractivity contribution in [3.05, 3.63) is 35.4 Å². The molecule has 23 heavy (non-hydrogen) atoms. The maximum atomic E-state index is 11.9. The number of likely N-dealkylation sites (N-methyl/N-ethyl adjacent to an activating group) is 1. The van der Waals surface area contributed by atoms with E-state index in [9.17, 15) is 18.0 Å². The number of amides is 1. The molecule has 1 rings (SSSR count). The summed E-state index contributed by atoms with van der Waals surface area (Å²) in [4.78, 5) is 24.9. The maximum Gasteiger partial charge on any atom is 0.338 e. The highest BCUT2D eigenvalue weighted by molar-refractivity contribution is 7.90. The molecule has 0 aliphatic heterocycles. The Morgan fingerprint density at radius 3 is 2.30 bits per heavy atom. The number of hydrogen-bond acceptors (Lipinski definition) is 6. The average molecular weight is 338 g/mol. The van der Waals surface area contributed by atoms with Crippen LogP contribution in [-0.2, 0) is 25.1 Å². The Hall–Kier alpha value is -2.40. The zero-order chi connectivity index (χ0) is 17.6. The van der Waals surface area contributed by atoms with Gasteiger partial charge in [0.05, 0.1) is 17.4 Å². The predicted molar refractivity (Wildman–Crippen MR) is 83.1 cm³/mol. The molecule has 0 radical (unpaired) electrons. The summed E-state index contributed by atoms with van der Waals surface area (Å²) in [5.41, 5.74) is 0.680. The monoisotopic (exact) mass is 338 g/mol. The number of rotatable bonds is 6. The van der Waals surface area contributed by atoms with Gasteiger partial charge >= 0.3 is 5.97 Å². The van der Waals surface area contributed by atoms with E-state index < -0.39 is 27.7 Å². The van der Waals surface area contributed by atoms with Gasteiger partial charge in [0, 0.05) is 14.1 Å². The second-order valence-corrected chi connectivity index (χ2v) is 7.23. The number of ether oxygens (including phenoxy) is 1. The lowest BCUT2D eigenvalue weighted by atomic mass is 10.1. The normalized spacial score (nSPS) is 12.1. The number of carbonyl (C=O) groups excluding carboxylic acids is 2. The van der Waals surface area contributed by atoms with Gasteiger partial charge in [0.15, 0.2) is 15.9 Å². The van der Waals surface area contributed by atoms with Crippen LogP contribution in [0.2, 0.25) is 0 Å². The SMILES string of the molecule is C[C@@H](OC(=O)c1ccc(CS(=O)(=O)CC#N)cc1)C(=O)N(C)C. The first-order valence-corrected chi connectivity index (χ1v) is 8.57. The molecule has 8 heteroatoms. The number of nitriles is 1. The zero-order valence-electron chi connectivity index (χ0n) is 13.1. The summed E-state index contributed by atoms with van der Waals surface area (Å²) in [6.45, 7) is 1.48. The third-order valence-corrected chi connectivity index (χ3v) is 4.28. The van der Waals surface area contributed by atoms with E-state index in [0.717, 1.165) is 0 Å². The average Bonchev–Trinajstić information content (AvgIpc) is 2.46. The smallest absolute Gasteiger partial charge is 0.338 e. The van der Waals surface area contributed by atoms with Crippen LogP contribution in [0.15, 0.2) is 24.3 Å². The molecule has 1 atom stereocenters. The Bertz CT molecular complexity index is 717. The van der Waals surface area contributed by atoms with Crippen molar-refractivity contribution in [3.8, 4) is 6.07 Å². The fourth-order valence-corrected chi connectivity index (χ4v) is 2.78. The first-order valence-electron chi connectivity index (χ1n) is 6.74. The molecule has 0 aromatic heterocycles.